The number of Topliss-reactive ketones (excluding diaryl/α,β-unsaturated/α-hetero) is 1. The number of nitrogens with two attached hydrogens (primary N) is 1. The lowest BCUT2D eigenvalue weighted by Crippen LogP contribution is -2.54. The molecule has 0 unspecified atom stereocenters. The van der Waals surface area contributed by atoms with E-state index < -0.39 is 0 Å². The number of oxime groups is 1. The molecule has 4 aliphatic rings. The van der Waals surface area contributed by atoms with Gasteiger partial charge in [-0.1, -0.05) is 31.2 Å². The monoisotopic (exact) mass is 372 g/mol. The Morgan fingerprint density at radius 3 is 2.78 bits per heavy atom. The Hall–Kier alpha value is -1.16. The average molecular weight is 373 g/mol. The molecule has 150 valence electrons. The van der Waals surface area contributed by atoms with E-state index in [4.69, 9.17) is 10.6 Å². The van der Waals surface area contributed by atoms with Crippen LogP contribution in [0.3, 0.4) is 0 Å². The molecule has 0 amide bonds. The lowest BCUT2D eigenvalue weighted by atomic mass is 9.44. The van der Waals surface area contributed by atoms with Crippen LogP contribution in [-0.4, -0.2) is 24.6 Å². The van der Waals surface area contributed by atoms with E-state index in [0.717, 1.165) is 44.9 Å². The fourth-order valence-corrected chi connectivity index (χ4v) is 7.07. The van der Waals surface area contributed by atoms with E-state index in [0.29, 0.717) is 48.0 Å². The molecule has 0 spiro atoms. The Morgan fingerprint density at radius 2 is 2.00 bits per heavy atom. The summed E-state index contributed by atoms with van der Waals surface area (Å²) in [6, 6.07) is 0. The van der Waals surface area contributed by atoms with Gasteiger partial charge in [0, 0.05) is 11.8 Å². The average Bonchev–Trinajstić information content (AvgIpc) is 2.95. The second-order valence-corrected chi connectivity index (χ2v) is 10.1. The van der Waals surface area contributed by atoms with Gasteiger partial charge in [-0.25, -0.2) is 0 Å². The smallest absolute Gasteiger partial charge is 0.139 e. The van der Waals surface area contributed by atoms with E-state index in [1.165, 1.54) is 24.1 Å². The van der Waals surface area contributed by atoms with Crippen LogP contribution in [0.2, 0.25) is 0 Å². The van der Waals surface area contributed by atoms with E-state index in [1.807, 2.05) is 0 Å². The van der Waals surface area contributed by atoms with Crippen LogP contribution in [0.4, 0.5) is 0 Å². The van der Waals surface area contributed by atoms with Crippen molar-refractivity contribution in [2.75, 3.05) is 13.2 Å². The molecule has 0 heterocycles. The van der Waals surface area contributed by atoms with E-state index in [9.17, 15) is 4.79 Å². The maximum Gasteiger partial charge on any atom is 0.139 e. The first-order valence-electron chi connectivity index (χ1n) is 11.0. The molecule has 4 fully saturated rings. The van der Waals surface area contributed by atoms with Gasteiger partial charge in [-0.15, -0.1) is 0 Å². The van der Waals surface area contributed by atoms with Crippen LogP contribution in [0.1, 0.15) is 71.6 Å². The van der Waals surface area contributed by atoms with Gasteiger partial charge in [-0.05, 0) is 87.0 Å². The molecule has 0 aromatic rings. The number of rotatable bonds is 4. The van der Waals surface area contributed by atoms with Crippen molar-refractivity contribution >= 4 is 11.5 Å². The molecular formula is C23H36N2O2. The Morgan fingerprint density at radius 1 is 1.19 bits per heavy atom. The Balaban J connectivity index is 1.52. The third-order valence-electron chi connectivity index (χ3n) is 8.81. The SMILES string of the molecule is C=C1C[C@H]2CC(=NOCCCN)CC[C@]2(C)[C@H]2CC[C@]3(C)C(=O)CC[C@H]3[C@H]12. The third-order valence-corrected chi connectivity index (χ3v) is 8.81. The minimum Gasteiger partial charge on any atom is -0.396 e. The first-order valence-corrected chi connectivity index (χ1v) is 11.0. The summed E-state index contributed by atoms with van der Waals surface area (Å²) in [6.45, 7) is 10.6. The number of nitrogens with zero attached hydrogens (tertiary/aromatic N) is 1. The predicted molar refractivity (Wildman–Crippen MR) is 108 cm³/mol. The third kappa shape index (κ3) is 2.99. The van der Waals surface area contributed by atoms with Gasteiger partial charge in [0.05, 0.1) is 5.71 Å². The van der Waals surface area contributed by atoms with Crippen LogP contribution in [-0.2, 0) is 9.63 Å². The van der Waals surface area contributed by atoms with Crippen LogP contribution in [0.25, 0.3) is 0 Å². The lowest BCUT2D eigenvalue weighted by molar-refractivity contribution is -0.133. The Labute approximate surface area is 164 Å². The summed E-state index contributed by atoms with van der Waals surface area (Å²) < 4.78 is 0. The van der Waals surface area contributed by atoms with Crippen molar-refractivity contribution in [1.82, 2.24) is 0 Å². The maximum atomic E-state index is 12.6. The molecule has 0 saturated heterocycles. The standard InChI is InChI=1S/C23H36N2O2/c1-15-13-16-14-17(25-27-12-4-11-24)7-9-22(16,2)19-8-10-23(3)18(21(15)19)5-6-20(23)26/h16,18-19,21H,1,4-14,24H2,2-3H3/t16-,18-,19-,21-,22-,23-/m0/s1. The Kier molecular flexibility index (Phi) is 4.99. The minimum absolute atomic E-state index is 0.0780. The van der Waals surface area contributed by atoms with Crippen LogP contribution in [0, 0.1) is 34.5 Å². The number of hydrogen-bond donors (Lipinski definition) is 1. The van der Waals surface area contributed by atoms with Gasteiger partial charge in [0.2, 0.25) is 0 Å². The van der Waals surface area contributed by atoms with Gasteiger partial charge >= 0.3 is 0 Å². The lowest BCUT2D eigenvalue weighted by Gasteiger charge is -2.60. The highest BCUT2D eigenvalue weighted by Crippen LogP contribution is 2.66. The van der Waals surface area contributed by atoms with Gasteiger partial charge in [0.1, 0.15) is 12.4 Å². The Bertz CT molecular complexity index is 657. The topological polar surface area (TPSA) is 64.7 Å². The van der Waals surface area contributed by atoms with Crippen molar-refractivity contribution in [2.45, 2.75) is 71.6 Å². The van der Waals surface area contributed by atoms with E-state index in [-0.39, 0.29) is 5.41 Å². The first kappa shape index (κ1) is 19.2. The van der Waals surface area contributed by atoms with Gasteiger partial charge in [-0.3, -0.25) is 4.79 Å². The molecule has 4 heteroatoms. The van der Waals surface area contributed by atoms with Crippen LogP contribution in [0.5, 0.6) is 0 Å². The summed E-state index contributed by atoms with van der Waals surface area (Å²) in [5.41, 5.74) is 8.44. The van der Waals surface area contributed by atoms with E-state index in [1.54, 1.807) is 0 Å². The van der Waals surface area contributed by atoms with E-state index in [2.05, 4.69) is 25.6 Å². The highest BCUT2D eigenvalue weighted by Gasteiger charge is 2.61. The number of carbonyl (C=O) groups is 1. The molecule has 0 aliphatic heterocycles. The van der Waals surface area contributed by atoms with Crippen molar-refractivity contribution in [3.63, 3.8) is 0 Å². The zero-order valence-corrected chi connectivity index (χ0v) is 17.1. The summed E-state index contributed by atoms with van der Waals surface area (Å²) >= 11 is 0. The molecule has 4 rings (SSSR count). The summed E-state index contributed by atoms with van der Waals surface area (Å²) in [5, 5.41) is 4.43. The molecule has 0 aromatic carbocycles. The quantitative estimate of drug-likeness (QED) is 0.449. The molecule has 4 saturated carbocycles. The number of ketones is 1. The molecule has 27 heavy (non-hydrogen) atoms. The van der Waals surface area contributed by atoms with Crippen molar-refractivity contribution in [3.05, 3.63) is 12.2 Å². The predicted octanol–water partition coefficient (Wildman–Crippen LogP) is 4.49. The largest absolute Gasteiger partial charge is 0.396 e. The van der Waals surface area contributed by atoms with E-state index >= 15 is 0 Å². The summed E-state index contributed by atoms with van der Waals surface area (Å²) in [4.78, 5) is 18.1. The van der Waals surface area contributed by atoms with Gasteiger partial charge in [0.25, 0.3) is 0 Å². The van der Waals surface area contributed by atoms with Crippen molar-refractivity contribution in [3.8, 4) is 0 Å². The van der Waals surface area contributed by atoms with Gasteiger partial charge in [0.15, 0.2) is 0 Å². The summed E-state index contributed by atoms with van der Waals surface area (Å²) in [6.07, 6.45) is 9.38. The molecule has 0 radical (unpaired) electrons. The fraction of sp³-hybridized carbons (Fsp3) is 0.826. The molecule has 2 N–H and O–H groups in total. The van der Waals surface area contributed by atoms with Crippen LogP contribution in [0.15, 0.2) is 17.3 Å². The fourth-order valence-electron chi connectivity index (χ4n) is 7.07. The number of fused-ring (bicyclic) bond motifs is 5. The van der Waals surface area contributed by atoms with Crippen LogP contribution >= 0.6 is 0 Å². The minimum atomic E-state index is -0.0780. The molecule has 0 aromatic heterocycles. The first-order chi connectivity index (χ1) is 12.9. The molecular weight excluding hydrogens is 336 g/mol. The zero-order valence-electron chi connectivity index (χ0n) is 17.1. The number of hydrogen-bond acceptors (Lipinski definition) is 4. The van der Waals surface area contributed by atoms with Gasteiger partial charge in [-0.2, -0.15) is 0 Å². The second-order valence-electron chi connectivity index (χ2n) is 10.1. The maximum absolute atomic E-state index is 12.6. The molecule has 6 atom stereocenters. The molecule has 0 bridgehead atoms. The molecule has 4 nitrogen and oxygen atoms in total. The van der Waals surface area contributed by atoms with Crippen molar-refractivity contribution < 1.29 is 9.63 Å². The number of allylic oxidation sites excluding steroid dienone is 1. The highest BCUT2D eigenvalue weighted by molar-refractivity contribution is 5.87. The molecule has 4 aliphatic carbocycles. The summed E-state index contributed by atoms with van der Waals surface area (Å²) in [7, 11) is 0. The zero-order chi connectivity index (χ0) is 19.2. The van der Waals surface area contributed by atoms with Crippen LogP contribution < -0.4 is 5.73 Å². The van der Waals surface area contributed by atoms with Crippen molar-refractivity contribution in [2.24, 2.45) is 45.4 Å². The highest BCUT2D eigenvalue weighted by atomic mass is 16.6. The van der Waals surface area contributed by atoms with Crippen molar-refractivity contribution in [1.29, 1.82) is 0 Å². The summed E-state index contributed by atoms with van der Waals surface area (Å²) in [5.74, 6) is 2.91. The normalized spacial score (nSPS) is 45.4. The second kappa shape index (κ2) is 7.02. The van der Waals surface area contributed by atoms with Gasteiger partial charge < -0.3 is 10.6 Å². The number of carbonyl (C=O) groups excluding carboxylic acids is 1.